The van der Waals surface area contributed by atoms with Gasteiger partial charge in [-0.05, 0) is 49.1 Å². The van der Waals surface area contributed by atoms with Crippen LogP contribution in [0.25, 0.3) is 0 Å². The van der Waals surface area contributed by atoms with Crippen LogP contribution in [0.1, 0.15) is 31.2 Å². The van der Waals surface area contributed by atoms with Crippen LogP contribution in [0.15, 0.2) is 59.5 Å². The Kier molecular flexibility index (Phi) is 7.52. The molecule has 2 atom stereocenters. The molecule has 0 aromatic heterocycles. The van der Waals surface area contributed by atoms with Gasteiger partial charge in [-0.15, -0.1) is 0 Å². The van der Waals surface area contributed by atoms with Gasteiger partial charge in [-0.3, -0.25) is 0 Å². The molecule has 0 aliphatic heterocycles. The van der Waals surface area contributed by atoms with E-state index in [1.54, 1.807) is 12.1 Å². The molecule has 6 nitrogen and oxygen atoms in total. The smallest absolute Gasteiger partial charge is 0.315 e. The zero-order valence-electron chi connectivity index (χ0n) is 16.1. The van der Waals surface area contributed by atoms with Crippen molar-refractivity contribution in [3.8, 4) is 0 Å². The molecule has 1 fully saturated rings. The first-order valence-corrected chi connectivity index (χ1v) is 11.7. The topological polar surface area (TPSA) is 87.3 Å². The SMILES string of the molecule is O=C(NCCc1ccccc1)NC1CCCCC1NS(=O)(=O)c1ccc(Cl)cc1. The summed E-state index contributed by atoms with van der Waals surface area (Å²) in [5.74, 6) is 0. The van der Waals surface area contributed by atoms with Crippen LogP contribution in [0.2, 0.25) is 5.02 Å². The summed E-state index contributed by atoms with van der Waals surface area (Å²) in [5.41, 5.74) is 1.15. The third kappa shape index (κ3) is 6.45. The minimum Gasteiger partial charge on any atom is -0.338 e. The van der Waals surface area contributed by atoms with Gasteiger partial charge in [0.05, 0.1) is 4.90 Å². The molecule has 3 rings (SSSR count). The van der Waals surface area contributed by atoms with Gasteiger partial charge >= 0.3 is 6.03 Å². The van der Waals surface area contributed by atoms with Crippen LogP contribution in [-0.4, -0.2) is 33.1 Å². The first kappa shape index (κ1) is 21.6. The Morgan fingerprint density at radius 3 is 2.31 bits per heavy atom. The summed E-state index contributed by atoms with van der Waals surface area (Å²) in [5, 5.41) is 6.28. The molecule has 0 spiro atoms. The molecule has 0 bridgehead atoms. The lowest BCUT2D eigenvalue weighted by molar-refractivity contribution is 0.227. The zero-order chi connectivity index (χ0) is 20.7. The molecular weight excluding hydrogens is 410 g/mol. The fraction of sp³-hybridized carbons (Fsp3) is 0.381. The lowest BCUT2D eigenvalue weighted by Gasteiger charge is -2.32. The van der Waals surface area contributed by atoms with Crippen molar-refractivity contribution in [2.75, 3.05) is 6.54 Å². The number of nitrogens with one attached hydrogen (secondary N) is 3. The lowest BCUT2D eigenvalue weighted by atomic mass is 9.91. The maximum atomic E-state index is 12.7. The monoisotopic (exact) mass is 435 g/mol. The second-order valence-electron chi connectivity index (χ2n) is 7.21. The van der Waals surface area contributed by atoms with Gasteiger partial charge in [0, 0.05) is 23.7 Å². The Hall–Kier alpha value is -2.09. The lowest BCUT2D eigenvalue weighted by Crippen LogP contribution is -2.55. The van der Waals surface area contributed by atoms with Crippen LogP contribution < -0.4 is 15.4 Å². The molecule has 0 heterocycles. The average Bonchev–Trinajstić information content (AvgIpc) is 2.70. The van der Waals surface area contributed by atoms with E-state index in [2.05, 4.69) is 15.4 Å². The molecule has 156 valence electrons. The van der Waals surface area contributed by atoms with Crippen molar-refractivity contribution in [3.05, 3.63) is 65.2 Å². The fourth-order valence-corrected chi connectivity index (χ4v) is 4.95. The van der Waals surface area contributed by atoms with E-state index in [4.69, 9.17) is 11.6 Å². The van der Waals surface area contributed by atoms with Crippen LogP contribution >= 0.6 is 11.6 Å². The van der Waals surface area contributed by atoms with E-state index < -0.39 is 10.0 Å². The summed E-state index contributed by atoms with van der Waals surface area (Å²) in [6.07, 6.45) is 4.03. The Morgan fingerprint density at radius 2 is 1.62 bits per heavy atom. The summed E-state index contributed by atoms with van der Waals surface area (Å²) in [7, 11) is -3.68. The molecule has 1 saturated carbocycles. The van der Waals surface area contributed by atoms with Gasteiger partial charge in [0.1, 0.15) is 0 Å². The predicted octanol–water partition coefficient (Wildman–Crippen LogP) is 3.47. The Labute approximate surface area is 177 Å². The van der Waals surface area contributed by atoms with E-state index in [9.17, 15) is 13.2 Å². The third-order valence-electron chi connectivity index (χ3n) is 5.05. The molecule has 0 saturated heterocycles. The van der Waals surface area contributed by atoms with Crippen molar-refractivity contribution in [2.24, 2.45) is 0 Å². The van der Waals surface area contributed by atoms with E-state index in [1.165, 1.54) is 12.1 Å². The molecule has 2 unspecified atom stereocenters. The molecule has 8 heteroatoms. The standard InChI is InChI=1S/C21H26ClN3O3S/c22-17-10-12-18(13-11-17)29(27,28)25-20-9-5-4-8-19(20)24-21(26)23-15-14-16-6-2-1-3-7-16/h1-3,6-7,10-13,19-20,25H,4-5,8-9,14-15H2,(H2,23,24,26). The quantitative estimate of drug-likeness (QED) is 0.622. The third-order valence-corrected chi connectivity index (χ3v) is 6.81. The second-order valence-corrected chi connectivity index (χ2v) is 9.36. The summed E-state index contributed by atoms with van der Waals surface area (Å²) in [6, 6.07) is 15.1. The number of carbonyl (C=O) groups is 1. The second kappa shape index (κ2) is 10.1. The number of benzene rings is 2. The predicted molar refractivity (Wildman–Crippen MR) is 114 cm³/mol. The van der Waals surface area contributed by atoms with Crippen LogP contribution in [0.5, 0.6) is 0 Å². The highest BCUT2D eigenvalue weighted by molar-refractivity contribution is 7.89. The molecular formula is C21H26ClN3O3S. The molecule has 29 heavy (non-hydrogen) atoms. The van der Waals surface area contributed by atoms with E-state index in [0.717, 1.165) is 31.2 Å². The largest absolute Gasteiger partial charge is 0.338 e. The van der Waals surface area contributed by atoms with Gasteiger partial charge in [0.15, 0.2) is 0 Å². The maximum Gasteiger partial charge on any atom is 0.315 e. The van der Waals surface area contributed by atoms with E-state index in [-0.39, 0.29) is 23.0 Å². The van der Waals surface area contributed by atoms with Crippen molar-refractivity contribution in [1.29, 1.82) is 0 Å². The Bertz CT molecular complexity index is 905. The van der Waals surface area contributed by atoms with Crippen LogP contribution in [0.4, 0.5) is 4.79 Å². The molecule has 3 N–H and O–H groups in total. The van der Waals surface area contributed by atoms with Gasteiger partial charge in [0.2, 0.25) is 10.0 Å². The number of rotatable bonds is 7. The van der Waals surface area contributed by atoms with Crippen molar-refractivity contribution in [3.63, 3.8) is 0 Å². The van der Waals surface area contributed by atoms with Crippen molar-refractivity contribution in [1.82, 2.24) is 15.4 Å². The van der Waals surface area contributed by atoms with Gasteiger partial charge < -0.3 is 10.6 Å². The first-order valence-electron chi connectivity index (χ1n) is 9.80. The molecule has 2 aromatic rings. The zero-order valence-corrected chi connectivity index (χ0v) is 17.7. The maximum absolute atomic E-state index is 12.7. The van der Waals surface area contributed by atoms with Gasteiger partial charge in [0.25, 0.3) is 0 Å². The fourth-order valence-electron chi connectivity index (χ4n) is 3.51. The summed E-state index contributed by atoms with van der Waals surface area (Å²) < 4.78 is 28.1. The number of urea groups is 1. The number of carbonyl (C=O) groups excluding carboxylic acids is 1. The first-order chi connectivity index (χ1) is 13.9. The van der Waals surface area contributed by atoms with Crippen LogP contribution in [0, 0.1) is 0 Å². The molecule has 1 aliphatic carbocycles. The molecule has 2 amide bonds. The highest BCUT2D eigenvalue weighted by Gasteiger charge is 2.30. The van der Waals surface area contributed by atoms with E-state index in [0.29, 0.717) is 18.0 Å². The average molecular weight is 436 g/mol. The minimum absolute atomic E-state index is 0.165. The summed E-state index contributed by atoms with van der Waals surface area (Å²) in [4.78, 5) is 12.5. The highest BCUT2D eigenvalue weighted by atomic mass is 35.5. The number of halogens is 1. The molecule has 2 aromatic carbocycles. The molecule has 0 radical (unpaired) electrons. The van der Waals surface area contributed by atoms with Crippen molar-refractivity contribution in [2.45, 2.75) is 49.1 Å². The number of sulfonamides is 1. The molecule has 1 aliphatic rings. The van der Waals surface area contributed by atoms with E-state index in [1.807, 2.05) is 30.3 Å². The summed E-state index contributed by atoms with van der Waals surface area (Å²) >= 11 is 5.85. The summed E-state index contributed by atoms with van der Waals surface area (Å²) in [6.45, 7) is 0.518. The minimum atomic E-state index is -3.68. The number of hydrogen-bond acceptors (Lipinski definition) is 3. The van der Waals surface area contributed by atoms with Gasteiger partial charge in [-0.2, -0.15) is 0 Å². The normalized spacial score (nSPS) is 19.5. The number of hydrogen-bond donors (Lipinski definition) is 3. The Morgan fingerprint density at radius 1 is 0.966 bits per heavy atom. The van der Waals surface area contributed by atoms with Crippen molar-refractivity contribution >= 4 is 27.7 Å². The van der Waals surface area contributed by atoms with Crippen LogP contribution in [-0.2, 0) is 16.4 Å². The van der Waals surface area contributed by atoms with Crippen LogP contribution in [0.3, 0.4) is 0 Å². The van der Waals surface area contributed by atoms with Gasteiger partial charge in [-0.25, -0.2) is 17.9 Å². The van der Waals surface area contributed by atoms with Gasteiger partial charge in [-0.1, -0.05) is 54.8 Å². The van der Waals surface area contributed by atoms with E-state index >= 15 is 0 Å². The van der Waals surface area contributed by atoms with Crippen molar-refractivity contribution < 1.29 is 13.2 Å². The Balaban J connectivity index is 1.54. The highest BCUT2D eigenvalue weighted by Crippen LogP contribution is 2.21. The number of amides is 2.